The van der Waals surface area contributed by atoms with Crippen molar-refractivity contribution in [3.63, 3.8) is 0 Å². The standard InChI is InChI=1S/C22H22O8/c1-22-5-4-12(23)21(30-22)17-14(29-22)8-11-16(20(17)26)19(25)15-10(18(11)24)6-9(27-2)7-13(15)28-3/h6-8,11-12,16,21,23,26H,4-5H2,1-3H3/t11?,12-,16?,21-,22+/m0/s1. The summed E-state index contributed by atoms with van der Waals surface area (Å²) >= 11 is 0. The van der Waals surface area contributed by atoms with E-state index >= 15 is 0 Å². The Morgan fingerprint density at radius 2 is 1.93 bits per heavy atom. The molecule has 0 spiro atoms. The number of fused-ring (bicyclic) bond motifs is 6. The third-order valence-corrected chi connectivity index (χ3v) is 6.38. The van der Waals surface area contributed by atoms with Gasteiger partial charge in [0.15, 0.2) is 11.6 Å². The first-order valence-electron chi connectivity index (χ1n) is 9.82. The maximum Gasteiger partial charge on any atom is 0.208 e. The van der Waals surface area contributed by atoms with Gasteiger partial charge in [-0.15, -0.1) is 0 Å². The molecule has 2 unspecified atom stereocenters. The maximum absolute atomic E-state index is 13.4. The molecular formula is C22H22O8. The molecule has 30 heavy (non-hydrogen) atoms. The van der Waals surface area contributed by atoms with Crippen molar-refractivity contribution in [3.05, 3.63) is 46.4 Å². The Labute approximate surface area is 172 Å². The number of carbonyl (C=O) groups is 2. The maximum atomic E-state index is 13.4. The van der Waals surface area contributed by atoms with Crippen LogP contribution < -0.4 is 9.47 Å². The fourth-order valence-electron chi connectivity index (χ4n) is 4.88. The van der Waals surface area contributed by atoms with Crippen molar-refractivity contribution in [1.82, 2.24) is 0 Å². The topological polar surface area (TPSA) is 112 Å². The van der Waals surface area contributed by atoms with Crippen LogP contribution >= 0.6 is 0 Å². The second-order valence-corrected chi connectivity index (χ2v) is 8.19. The lowest BCUT2D eigenvalue weighted by atomic mass is 9.68. The Kier molecular flexibility index (Phi) is 4.04. The average Bonchev–Trinajstić information content (AvgIpc) is 2.73. The van der Waals surface area contributed by atoms with Crippen LogP contribution in [0.15, 0.2) is 35.3 Å². The number of Topliss-reactive ketones (excluding diaryl/α,β-unsaturated/α-hetero) is 2. The van der Waals surface area contributed by atoms with Crippen LogP contribution in [0.5, 0.6) is 11.5 Å². The van der Waals surface area contributed by atoms with Crippen LogP contribution in [0.25, 0.3) is 0 Å². The van der Waals surface area contributed by atoms with E-state index < -0.39 is 35.6 Å². The molecule has 2 N–H and O–H groups in total. The molecule has 2 saturated heterocycles. The number of allylic oxidation sites excluding steroid dienone is 2. The van der Waals surface area contributed by atoms with Gasteiger partial charge in [-0.05, 0) is 18.6 Å². The molecule has 5 rings (SSSR count). The fourth-order valence-corrected chi connectivity index (χ4v) is 4.88. The van der Waals surface area contributed by atoms with Gasteiger partial charge in [0.05, 0.1) is 43.3 Å². The van der Waals surface area contributed by atoms with Gasteiger partial charge in [-0.1, -0.05) is 0 Å². The Morgan fingerprint density at radius 3 is 2.63 bits per heavy atom. The second-order valence-electron chi connectivity index (χ2n) is 8.19. The Balaban J connectivity index is 1.69. The summed E-state index contributed by atoms with van der Waals surface area (Å²) in [5.74, 6) is -3.21. The summed E-state index contributed by atoms with van der Waals surface area (Å²) in [6.45, 7) is 1.76. The number of hydrogen-bond acceptors (Lipinski definition) is 8. The number of aliphatic hydroxyl groups excluding tert-OH is 2. The third kappa shape index (κ3) is 2.47. The lowest BCUT2D eigenvalue weighted by Crippen LogP contribution is -2.54. The molecule has 4 aliphatic rings. The Morgan fingerprint density at radius 1 is 1.17 bits per heavy atom. The summed E-state index contributed by atoms with van der Waals surface area (Å²) < 4.78 is 22.4. The SMILES string of the molecule is COc1cc(OC)c2c(c1)C(=O)C1C=C3O[C@@]4(C)CC[C@H](O)[C@H](O4)C3=C(O)C1C2=O. The molecule has 0 radical (unpaired) electrons. The quantitative estimate of drug-likeness (QED) is 0.758. The average molecular weight is 414 g/mol. The summed E-state index contributed by atoms with van der Waals surface area (Å²) in [6, 6.07) is 3.04. The first-order chi connectivity index (χ1) is 14.3. The predicted octanol–water partition coefficient (Wildman–Crippen LogP) is 2.31. The fraction of sp³-hybridized carbons (Fsp3) is 0.455. The van der Waals surface area contributed by atoms with Crippen LogP contribution in [-0.4, -0.2) is 54.0 Å². The molecule has 2 heterocycles. The molecule has 2 aliphatic heterocycles. The summed E-state index contributed by atoms with van der Waals surface area (Å²) in [5, 5.41) is 21.6. The van der Waals surface area contributed by atoms with Gasteiger partial charge >= 0.3 is 0 Å². The molecule has 5 atom stereocenters. The van der Waals surface area contributed by atoms with Gasteiger partial charge in [0, 0.05) is 25.0 Å². The van der Waals surface area contributed by atoms with E-state index in [2.05, 4.69) is 0 Å². The lowest BCUT2D eigenvalue weighted by molar-refractivity contribution is -0.285. The number of benzene rings is 1. The minimum absolute atomic E-state index is 0.111. The number of rotatable bonds is 2. The van der Waals surface area contributed by atoms with Crippen LogP contribution in [0, 0.1) is 11.8 Å². The number of carbonyl (C=O) groups excluding carboxylic acids is 2. The number of ether oxygens (including phenoxy) is 4. The molecule has 0 aromatic heterocycles. The summed E-state index contributed by atoms with van der Waals surface area (Å²) in [5.41, 5.74) is 0.530. The molecule has 8 heteroatoms. The number of hydrogen-bond donors (Lipinski definition) is 2. The summed E-state index contributed by atoms with van der Waals surface area (Å²) in [4.78, 5) is 26.8. The number of ketones is 2. The van der Waals surface area contributed by atoms with Gasteiger partial charge in [0.2, 0.25) is 5.79 Å². The van der Waals surface area contributed by atoms with Gasteiger partial charge in [0.1, 0.15) is 29.1 Å². The normalized spacial score (nSPS) is 34.3. The zero-order chi connectivity index (χ0) is 21.4. The monoisotopic (exact) mass is 414 g/mol. The molecule has 1 aromatic carbocycles. The minimum Gasteiger partial charge on any atom is -0.511 e. The molecule has 2 aliphatic carbocycles. The molecular weight excluding hydrogens is 392 g/mol. The van der Waals surface area contributed by atoms with E-state index in [1.165, 1.54) is 26.4 Å². The van der Waals surface area contributed by atoms with E-state index in [0.717, 1.165) is 0 Å². The largest absolute Gasteiger partial charge is 0.511 e. The predicted molar refractivity (Wildman–Crippen MR) is 103 cm³/mol. The van der Waals surface area contributed by atoms with Crippen molar-refractivity contribution in [2.75, 3.05) is 14.2 Å². The Hall–Kier alpha value is -2.84. The lowest BCUT2D eigenvalue weighted by Gasteiger charge is -2.49. The summed E-state index contributed by atoms with van der Waals surface area (Å²) in [7, 11) is 2.86. The van der Waals surface area contributed by atoms with Crippen molar-refractivity contribution in [3.8, 4) is 11.5 Å². The van der Waals surface area contributed by atoms with Gasteiger partial charge in [-0.3, -0.25) is 9.59 Å². The third-order valence-electron chi connectivity index (χ3n) is 6.38. The van der Waals surface area contributed by atoms with Gasteiger partial charge in [-0.2, -0.15) is 0 Å². The van der Waals surface area contributed by atoms with E-state index in [-0.39, 0.29) is 39.8 Å². The second kappa shape index (κ2) is 6.33. The van der Waals surface area contributed by atoms with Crippen LogP contribution in [0.4, 0.5) is 0 Å². The highest BCUT2D eigenvalue weighted by atomic mass is 16.7. The zero-order valence-corrected chi connectivity index (χ0v) is 16.8. The van der Waals surface area contributed by atoms with Crippen molar-refractivity contribution in [2.24, 2.45) is 11.8 Å². The Bertz CT molecular complexity index is 1040. The van der Waals surface area contributed by atoms with Gasteiger partial charge < -0.3 is 29.2 Å². The molecule has 2 bridgehead atoms. The van der Waals surface area contributed by atoms with Crippen molar-refractivity contribution in [1.29, 1.82) is 0 Å². The zero-order valence-electron chi connectivity index (χ0n) is 16.8. The van der Waals surface area contributed by atoms with E-state index in [1.807, 2.05) is 0 Å². The van der Waals surface area contributed by atoms with Gasteiger partial charge in [-0.25, -0.2) is 0 Å². The van der Waals surface area contributed by atoms with E-state index in [0.29, 0.717) is 18.6 Å². The molecule has 0 amide bonds. The summed E-state index contributed by atoms with van der Waals surface area (Å²) in [6.07, 6.45) is 0.795. The number of aliphatic hydroxyl groups is 2. The van der Waals surface area contributed by atoms with Crippen LogP contribution in [0.2, 0.25) is 0 Å². The van der Waals surface area contributed by atoms with Crippen molar-refractivity contribution >= 4 is 11.6 Å². The minimum atomic E-state index is -1.13. The van der Waals surface area contributed by atoms with Gasteiger partial charge in [0.25, 0.3) is 0 Å². The molecule has 1 aromatic rings. The van der Waals surface area contributed by atoms with Crippen LogP contribution in [0.3, 0.4) is 0 Å². The highest BCUT2D eigenvalue weighted by Gasteiger charge is 2.54. The number of methoxy groups -OCH3 is 2. The highest BCUT2D eigenvalue weighted by Crippen LogP contribution is 2.50. The highest BCUT2D eigenvalue weighted by molar-refractivity contribution is 6.19. The van der Waals surface area contributed by atoms with E-state index in [9.17, 15) is 19.8 Å². The van der Waals surface area contributed by atoms with E-state index in [1.54, 1.807) is 13.0 Å². The van der Waals surface area contributed by atoms with E-state index in [4.69, 9.17) is 18.9 Å². The first kappa shape index (κ1) is 19.1. The molecule has 0 saturated carbocycles. The first-order valence-corrected chi connectivity index (χ1v) is 9.82. The molecule has 158 valence electrons. The smallest absolute Gasteiger partial charge is 0.208 e. The molecule has 2 fully saturated rings. The van der Waals surface area contributed by atoms with Crippen LogP contribution in [-0.2, 0) is 9.47 Å². The molecule has 8 nitrogen and oxygen atoms in total. The van der Waals surface area contributed by atoms with Crippen LogP contribution in [0.1, 0.15) is 40.5 Å². The van der Waals surface area contributed by atoms with Crippen molar-refractivity contribution in [2.45, 2.75) is 37.8 Å². The van der Waals surface area contributed by atoms with Crippen molar-refractivity contribution < 1.29 is 38.7 Å².